The predicted octanol–water partition coefficient (Wildman–Crippen LogP) is 4.65. The Balaban J connectivity index is 1.75. The lowest BCUT2D eigenvalue weighted by atomic mass is 10.1. The number of anilines is 2. The van der Waals surface area contributed by atoms with Gasteiger partial charge in [-0.25, -0.2) is 9.37 Å². The molecule has 7 heteroatoms. The normalized spacial score (nSPS) is 11.1. The number of thiazole rings is 1. The maximum Gasteiger partial charge on any atom is 0.277 e. The summed E-state index contributed by atoms with van der Waals surface area (Å²) in [5.74, 6) is -0.295. The minimum atomic E-state index is -0.295. The Hall–Kier alpha value is -3.06. The summed E-state index contributed by atoms with van der Waals surface area (Å²) in [7, 11) is 0. The first-order valence-corrected chi connectivity index (χ1v) is 9.23. The average Bonchev–Trinajstić information content (AvgIpc) is 3.03. The van der Waals surface area contributed by atoms with Crippen molar-refractivity contribution >= 4 is 32.5 Å². The molecule has 0 amide bonds. The van der Waals surface area contributed by atoms with Gasteiger partial charge in [-0.15, -0.1) is 0 Å². The first-order valence-electron chi connectivity index (χ1n) is 8.41. The number of aryl methyl sites for hydroxylation is 3. The van der Waals surface area contributed by atoms with Crippen LogP contribution < -0.4 is 10.9 Å². The van der Waals surface area contributed by atoms with Crippen molar-refractivity contribution in [1.82, 2.24) is 14.5 Å². The summed E-state index contributed by atoms with van der Waals surface area (Å²) >= 11 is 1.21. The molecule has 0 spiro atoms. The summed E-state index contributed by atoms with van der Waals surface area (Å²) in [6.07, 6.45) is 1.50. The van der Waals surface area contributed by atoms with Gasteiger partial charge in [-0.05, 0) is 50.1 Å². The SMILES string of the molecule is Cc1ccc(-n2cnc3nc(Nc4ccc(C)c(F)c4)sc3c2=O)c(C)c1. The van der Waals surface area contributed by atoms with E-state index < -0.39 is 0 Å². The fraction of sp³-hybridized carbons (Fsp3) is 0.150. The molecular formula is C20H17FN4OS. The smallest absolute Gasteiger partial charge is 0.277 e. The molecule has 2 aromatic carbocycles. The molecule has 136 valence electrons. The Morgan fingerprint density at radius 1 is 1.07 bits per heavy atom. The largest absolute Gasteiger partial charge is 0.331 e. The van der Waals surface area contributed by atoms with Crippen LogP contribution in [0.4, 0.5) is 15.2 Å². The van der Waals surface area contributed by atoms with Crippen LogP contribution in [0.2, 0.25) is 0 Å². The number of nitrogens with zero attached hydrogens (tertiary/aromatic N) is 3. The highest BCUT2D eigenvalue weighted by Gasteiger charge is 2.13. The van der Waals surface area contributed by atoms with Crippen molar-refractivity contribution in [3.63, 3.8) is 0 Å². The Bertz CT molecular complexity index is 1230. The molecule has 0 fully saturated rings. The third kappa shape index (κ3) is 3.21. The zero-order valence-corrected chi connectivity index (χ0v) is 15.9. The molecule has 5 nitrogen and oxygen atoms in total. The van der Waals surface area contributed by atoms with Crippen LogP contribution >= 0.6 is 11.3 Å². The van der Waals surface area contributed by atoms with Crippen LogP contribution in [0.3, 0.4) is 0 Å². The van der Waals surface area contributed by atoms with Crippen molar-refractivity contribution in [1.29, 1.82) is 0 Å². The minimum absolute atomic E-state index is 0.174. The summed E-state index contributed by atoms with van der Waals surface area (Å²) < 4.78 is 15.7. The molecule has 0 radical (unpaired) electrons. The molecule has 0 atom stereocenters. The molecule has 0 saturated carbocycles. The molecule has 4 aromatic rings. The van der Waals surface area contributed by atoms with Crippen LogP contribution in [0.15, 0.2) is 47.5 Å². The third-order valence-electron chi connectivity index (χ3n) is 4.35. The summed E-state index contributed by atoms with van der Waals surface area (Å²) in [4.78, 5) is 21.6. The van der Waals surface area contributed by atoms with Crippen molar-refractivity contribution < 1.29 is 4.39 Å². The van der Waals surface area contributed by atoms with Gasteiger partial charge in [0.15, 0.2) is 10.8 Å². The van der Waals surface area contributed by atoms with Crippen molar-refractivity contribution in [3.05, 3.63) is 75.6 Å². The van der Waals surface area contributed by atoms with E-state index in [0.717, 1.165) is 16.8 Å². The van der Waals surface area contributed by atoms with Crippen LogP contribution in [-0.2, 0) is 0 Å². The van der Waals surface area contributed by atoms with E-state index in [9.17, 15) is 9.18 Å². The Morgan fingerprint density at radius 3 is 2.63 bits per heavy atom. The van der Waals surface area contributed by atoms with Gasteiger partial charge in [0.1, 0.15) is 16.8 Å². The van der Waals surface area contributed by atoms with Crippen LogP contribution in [0.25, 0.3) is 16.0 Å². The van der Waals surface area contributed by atoms with Gasteiger partial charge in [0.2, 0.25) is 0 Å². The van der Waals surface area contributed by atoms with E-state index in [0.29, 0.717) is 26.7 Å². The van der Waals surface area contributed by atoms with E-state index >= 15 is 0 Å². The van der Waals surface area contributed by atoms with Crippen molar-refractivity contribution in [2.75, 3.05) is 5.32 Å². The summed E-state index contributed by atoms with van der Waals surface area (Å²) in [5, 5.41) is 3.54. The van der Waals surface area contributed by atoms with E-state index in [2.05, 4.69) is 15.3 Å². The van der Waals surface area contributed by atoms with Crippen molar-refractivity contribution in [3.8, 4) is 5.69 Å². The lowest BCUT2D eigenvalue weighted by Crippen LogP contribution is -2.18. The highest BCUT2D eigenvalue weighted by molar-refractivity contribution is 7.22. The van der Waals surface area contributed by atoms with Gasteiger partial charge in [0.05, 0.1) is 5.69 Å². The lowest BCUT2D eigenvalue weighted by Gasteiger charge is -2.08. The number of hydrogen-bond donors (Lipinski definition) is 1. The van der Waals surface area contributed by atoms with E-state index in [1.807, 2.05) is 32.0 Å². The molecule has 0 unspecified atom stereocenters. The first-order chi connectivity index (χ1) is 12.9. The highest BCUT2D eigenvalue weighted by atomic mass is 32.1. The lowest BCUT2D eigenvalue weighted by molar-refractivity contribution is 0.619. The summed E-state index contributed by atoms with van der Waals surface area (Å²) in [6.45, 7) is 5.68. The number of hydrogen-bond acceptors (Lipinski definition) is 5. The van der Waals surface area contributed by atoms with Gasteiger partial charge in [0, 0.05) is 5.69 Å². The fourth-order valence-corrected chi connectivity index (χ4v) is 3.78. The van der Waals surface area contributed by atoms with Gasteiger partial charge < -0.3 is 5.32 Å². The van der Waals surface area contributed by atoms with Crippen molar-refractivity contribution in [2.24, 2.45) is 0 Å². The standard InChI is InChI=1S/C20H17FN4OS/c1-11-4-7-16(13(3)8-11)25-10-22-18-17(19(25)26)27-20(24-18)23-14-6-5-12(2)15(21)9-14/h4-10H,1-3H3,(H,23,24). The van der Waals surface area contributed by atoms with Gasteiger partial charge in [0.25, 0.3) is 5.56 Å². The molecule has 2 heterocycles. The van der Waals surface area contributed by atoms with Crippen molar-refractivity contribution in [2.45, 2.75) is 20.8 Å². The highest BCUT2D eigenvalue weighted by Crippen LogP contribution is 2.26. The second-order valence-corrected chi connectivity index (χ2v) is 7.47. The molecule has 4 rings (SSSR count). The molecule has 0 aliphatic carbocycles. The molecule has 0 bridgehead atoms. The second kappa shape index (κ2) is 6.59. The molecule has 27 heavy (non-hydrogen) atoms. The van der Waals surface area contributed by atoms with Crippen LogP contribution in [0.1, 0.15) is 16.7 Å². The topological polar surface area (TPSA) is 59.8 Å². The van der Waals surface area contributed by atoms with Gasteiger partial charge in [-0.1, -0.05) is 35.1 Å². The number of fused-ring (bicyclic) bond motifs is 1. The van der Waals surface area contributed by atoms with Crippen LogP contribution in [-0.4, -0.2) is 14.5 Å². The second-order valence-electron chi connectivity index (χ2n) is 6.47. The first kappa shape index (κ1) is 17.4. The van der Waals surface area contributed by atoms with E-state index in [1.54, 1.807) is 19.1 Å². The molecule has 0 saturated heterocycles. The number of aromatic nitrogens is 3. The van der Waals surface area contributed by atoms with Crippen LogP contribution in [0, 0.1) is 26.6 Å². The summed E-state index contributed by atoms with van der Waals surface area (Å²) in [6, 6.07) is 10.8. The van der Waals surface area contributed by atoms with E-state index in [-0.39, 0.29) is 11.4 Å². The maximum absolute atomic E-state index is 13.7. The third-order valence-corrected chi connectivity index (χ3v) is 5.30. The van der Waals surface area contributed by atoms with Gasteiger partial charge in [-0.2, -0.15) is 4.98 Å². The molecule has 2 aromatic heterocycles. The van der Waals surface area contributed by atoms with Gasteiger partial charge >= 0.3 is 0 Å². The maximum atomic E-state index is 13.7. The Labute approximate surface area is 159 Å². The minimum Gasteiger partial charge on any atom is -0.331 e. The predicted molar refractivity (Wildman–Crippen MR) is 107 cm³/mol. The average molecular weight is 380 g/mol. The Kier molecular flexibility index (Phi) is 4.24. The quantitative estimate of drug-likeness (QED) is 0.562. The molecular weight excluding hydrogens is 363 g/mol. The van der Waals surface area contributed by atoms with E-state index in [1.165, 1.54) is 28.3 Å². The fourth-order valence-electron chi connectivity index (χ4n) is 2.91. The number of nitrogens with one attached hydrogen (secondary N) is 1. The van der Waals surface area contributed by atoms with Crippen LogP contribution in [0.5, 0.6) is 0 Å². The molecule has 1 N–H and O–H groups in total. The number of benzene rings is 2. The summed E-state index contributed by atoms with van der Waals surface area (Å²) in [5.41, 5.74) is 4.27. The molecule has 0 aliphatic rings. The zero-order valence-electron chi connectivity index (χ0n) is 15.1. The molecule has 0 aliphatic heterocycles. The Morgan fingerprint density at radius 2 is 1.89 bits per heavy atom. The number of halogens is 1. The van der Waals surface area contributed by atoms with E-state index in [4.69, 9.17) is 0 Å². The number of rotatable bonds is 3. The van der Waals surface area contributed by atoms with Gasteiger partial charge in [-0.3, -0.25) is 9.36 Å². The zero-order chi connectivity index (χ0) is 19.1. The monoisotopic (exact) mass is 380 g/mol.